The molecule has 0 aliphatic carbocycles. The number of rotatable bonds is 3. The van der Waals surface area contributed by atoms with E-state index in [2.05, 4.69) is 27.9 Å². The highest BCUT2D eigenvalue weighted by atomic mass is 127. The van der Waals surface area contributed by atoms with E-state index >= 15 is 0 Å². The number of benzene rings is 2. The minimum Gasteiger partial charge on any atom is -0.322 e. The number of hydrogen-bond acceptors (Lipinski definition) is 3. The molecule has 2 aromatic carbocycles. The van der Waals surface area contributed by atoms with Gasteiger partial charge in [-0.2, -0.15) is 0 Å². The van der Waals surface area contributed by atoms with Crippen molar-refractivity contribution in [2.75, 3.05) is 11.6 Å². The number of carbonyl (C=O) groups is 1. The highest BCUT2D eigenvalue weighted by molar-refractivity contribution is 14.1. The van der Waals surface area contributed by atoms with Gasteiger partial charge in [-0.3, -0.25) is 4.79 Å². The fourth-order valence-electron chi connectivity index (χ4n) is 1.71. The van der Waals surface area contributed by atoms with E-state index in [1.165, 1.54) is 12.1 Å². The van der Waals surface area contributed by atoms with Gasteiger partial charge in [-0.05, 0) is 59.0 Å². The van der Waals surface area contributed by atoms with Crippen LogP contribution in [-0.4, -0.2) is 20.6 Å². The van der Waals surface area contributed by atoms with Crippen molar-refractivity contribution in [3.8, 4) is 0 Å². The Bertz CT molecular complexity index is 739. The summed E-state index contributed by atoms with van der Waals surface area (Å²) in [5.41, 5.74) is 0.771. The molecule has 0 atom stereocenters. The Hall–Kier alpha value is -1.41. The Morgan fingerprint density at radius 2 is 1.65 bits per heavy atom. The molecular formula is C14H12INO3S. The van der Waals surface area contributed by atoms with Crippen LogP contribution in [0.5, 0.6) is 0 Å². The summed E-state index contributed by atoms with van der Waals surface area (Å²) in [7, 11) is -3.44. The Morgan fingerprint density at radius 3 is 2.25 bits per heavy atom. The first-order valence-corrected chi connectivity index (χ1v) is 8.71. The lowest BCUT2D eigenvalue weighted by Gasteiger charge is -2.09. The van der Waals surface area contributed by atoms with E-state index in [-0.39, 0.29) is 10.5 Å². The summed E-state index contributed by atoms with van der Waals surface area (Å²) in [6, 6.07) is 13.4. The van der Waals surface area contributed by atoms with Gasteiger partial charge in [0.1, 0.15) is 0 Å². The lowest BCUT2D eigenvalue weighted by atomic mass is 10.2. The van der Waals surface area contributed by atoms with Crippen LogP contribution in [0.1, 0.15) is 10.4 Å². The molecule has 6 heteroatoms. The number of nitrogens with one attached hydrogen (secondary N) is 1. The van der Waals surface area contributed by atoms with Gasteiger partial charge >= 0.3 is 0 Å². The van der Waals surface area contributed by atoms with Crippen molar-refractivity contribution < 1.29 is 13.2 Å². The molecule has 0 unspecified atom stereocenters. The number of carbonyl (C=O) groups excluding carboxylic acids is 1. The van der Waals surface area contributed by atoms with Crippen LogP contribution in [-0.2, 0) is 9.84 Å². The monoisotopic (exact) mass is 401 g/mol. The molecule has 0 aliphatic heterocycles. The third-order valence-corrected chi connectivity index (χ3v) is 4.51. The third kappa shape index (κ3) is 3.57. The minimum absolute atomic E-state index is 0.0306. The maximum absolute atomic E-state index is 12.2. The Kier molecular flexibility index (Phi) is 4.44. The van der Waals surface area contributed by atoms with Crippen molar-refractivity contribution in [2.24, 2.45) is 0 Å². The lowest BCUT2D eigenvalue weighted by molar-refractivity contribution is 0.102. The Balaban J connectivity index is 2.33. The second kappa shape index (κ2) is 5.92. The molecule has 0 saturated heterocycles. The molecule has 1 amide bonds. The summed E-state index contributed by atoms with van der Waals surface area (Å²) >= 11 is 2.17. The quantitative estimate of drug-likeness (QED) is 0.805. The van der Waals surface area contributed by atoms with E-state index in [1.54, 1.807) is 24.3 Å². The zero-order chi connectivity index (χ0) is 14.8. The van der Waals surface area contributed by atoms with Gasteiger partial charge in [-0.15, -0.1) is 0 Å². The molecule has 104 valence electrons. The normalized spacial score (nSPS) is 11.1. The van der Waals surface area contributed by atoms with E-state index in [4.69, 9.17) is 0 Å². The highest BCUT2D eigenvalue weighted by Crippen LogP contribution is 2.18. The molecule has 0 fully saturated rings. The maximum atomic E-state index is 12.2. The van der Waals surface area contributed by atoms with E-state index in [9.17, 15) is 13.2 Å². The van der Waals surface area contributed by atoms with E-state index in [1.807, 2.05) is 12.1 Å². The van der Waals surface area contributed by atoms with Crippen LogP contribution in [0, 0.1) is 3.57 Å². The summed E-state index contributed by atoms with van der Waals surface area (Å²) in [4.78, 5) is 12.2. The third-order valence-electron chi connectivity index (χ3n) is 2.63. The zero-order valence-corrected chi connectivity index (χ0v) is 13.6. The van der Waals surface area contributed by atoms with Gasteiger partial charge in [0.05, 0.1) is 10.5 Å². The van der Waals surface area contributed by atoms with Crippen molar-refractivity contribution in [1.82, 2.24) is 0 Å². The fraction of sp³-hybridized carbons (Fsp3) is 0.0714. The average Bonchev–Trinajstić information content (AvgIpc) is 2.40. The van der Waals surface area contributed by atoms with Gasteiger partial charge in [-0.1, -0.05) is 12.1 Å². The van der Waals surface area contributed by atoms with Crippen LogP contribution >= 0.6 is 22.6 Å². The molecule has 2 aromatic rings. The molecule has 4 nitrogen and oxygen atoms in total. The molecule has 0 saturated carbocycles. The van der Waals surface area contributed by atoms with Gasteiger partial charge in [0.25, 0.3) is 5.91 Å². The molecular weight excluding hydrogens is 389 g/mol. The van der Waals surface area contributed by atoms with Crippen LogP contribution in [0.3, 0.4) is 0 Å². The summed E-state index contributed by atoms with van der Waals surface area (Å²) in [6.07, 6.45) is 1.09. The molecule has 0 bridgehead atoms. The van der Waals surface area contributed by atoms with E-state index < -0.39 is 15.7 Å². The highest BCUT2D eigenvalue weighted by Gasteiger charge is 2.18. The summed E-state index contributed by atoms with van der Waals surface area (Å²) < 4.78 is 24.4. The molecule has 2 rings (SSSR count). The smallest absolute Gasteiger partial charge is 0.256 e. The van der Waals surface area contributed by atoms with Gasteiger partial charge < -0.3 is 5.32 Å². The van der Waals surface area contributed by atoms with Crippen LogP contribution in [0.25, 0.3) is 0 Å². The van der Waals surface area contributed by atoms with E-state index in [0.717, 1.165) is 9.83 Å². The van der Waals surface area contributed by atoms with Crippen molar-refractivity contribution in [1.29, 1.82) is 0 Å². The molecule has 0 aromatic heterocycles. The molecule has 0 radical (unpaired) electrons. The van der Waals surface area contributed by atoms with Crippen molar-refractivity contribution >= 4 is 44.0 Å². The Morgan fingerprint density at radius 1 is 1.05 bits per heavy atom. The van der Waals surface area contributed by atoms with Gasteiger partial charge in [0.15, 0.2) is 9.84 Å². The SMILES string of the molecule is CS(=O)(=O)c1ccccc1C(=O)Nc1ccc(I)cc1. The summed E-state index contributed by atoms with van der Waals surface area (Å²) in [5, 5.41) is 2.69. The number of anilines is 1. The largest absolute Gasteiger partial charge is 0.322 e. The van der Waals surface area contributed by atoms with Crippen LogP contribution in [0.15, 0.2) is 53.4 Å². The summed E-state index contributed by atoms with van der Waals surface area (Å²) in [6.45, 7) is 0. The molecule has 1 N–H and O–H groups in total. The second-order valence-corrected chi connectivity index (χ2v) is 7.46. The lowest BCUT2D eigenvalue weighted by Crippen LogP contribution is -2.15. The number of halogens is 1. The zero-order valence-electron chi connectivity index (χ0n) is 10.6. The predicted octanol–water partition coefficient (Wildman–Crippen LogP) is 2.95. The number of sulfone groups is 1. The first-order chi connectivity index (χ1) is 9.38. The standard InChI is InChI=1S/C14H12INO3S/c1-20(18,19)13-5-3-2-4-12(13)14(17)16-11-8-6-10(15)7-9-11/h2-9H,1H3,(H,16,17). The first kappa shape index (κ1) is 15.0. The second-order valence-electron chi connectivity index (χ2n) is 4.23. The topological polar surface area (TPSA) is 63.2 Å². The van der Waals surface area contributed by atoms with Crippen molar-refractivity contribution in [2.45, 2.75) is 4.90 Å². The number of hydrogen-bond donors (Lipinski definition) is 1. The average molecular weight is 401 g/mol. The predicted molar refractivity (Wildman–Crippen MR) is 86.7 cm³/mol. The number of amides is 1. The summed E-state index contributed by atoms with van der Waals surface area (Å²) in [5.74, 6) is -0.438. The van der Waals surface area contributed by atoms with E-state index in [0.29, 0.717) is 5.69 Å². The first-order valence-electron chi connectivity index (χ1n) is 5.74. The molecule has 0 spiro atoms. The fourth-order valence-corrected chi connectivity index (χ4v) is 2.95. The minimum atomic E-state index is -3.44. The van der Waals surface area contributed by atoms with Crippen molar-refractivity contribution in [3.63, 3.8) is 0 Å². The molecule has 0 aliphatic rings. The van der Waals surface area contributed by atoms with Crippen LogP contribution < -0.4 is 5.32 Å². The van der Waals surface area contributed by atoms with Crippen LogP contribution in [0.2, 0.25) is 0 Å². The van der Waals surface area contributed by atoms with Gasteiger partial charge in [0, 0.05) is 15.5 Å². The van der Waals surface area contributed by atoms with Crippen molar-refractivity contribution in [3.05, 3.63) is 57.7 Å². The molecule has 20 heavy (non-hydrogen) atoms. The Labute approximate surface area is 131 Å². The van der Waals surface area contributed by atoms with Gasteiger partial charge in [-0.25, -0.2) is 8.42 Å². The van der Waals surface area contributed by atoms with Gasteiger partial charge in [0.2, 0.25) is 0 Å². The maximum Gasteiger partial charge on any atom is 0.256 e. The molecule has 0 heterocycles. The van der Waals surface area contributed by atoms with Crippen LogP contribution in [0.4, 0.5) is 5.69 Å².